The smallest absolute Gasteiger partial charge is 0.272 e. The van der Waals surface area contributed by atoms with Crippen LogP contribution in [0.25, 0.3) is 0 Å². The molecule has 0 unspecified atom stereocenters. The quantitative estimate of drug-likeness (QED) is 0.598. The van der Waals surface area contributed by atoms with Crippen molar-refractivity contribution < 1.29 is 14.1 Å². The predicted molar refractivity (Wildman–Crippen MR) is 64.8 cm³/mol. The van der Waals surface area contributed by atoms with Crippen LogP contribution in [-0.4, -0.2) is 23.9 Å². The number of nitro groups is 1. The van der Waals surface area contributed by atoms with Crippen LogP contribution in [0.3, 0.4) is 0 Å². The maximum Gasteiger partial charge on any atom is 0.272 e. The molecule has 0 aliphatic heterocycles. The van der Waals surface area contributed by atoms with E-state index in [4.69, 9.17) is 0 Å². The molecule has 7 heteroatoms. The summed E-state index contributed by atoms with van der Waals surface area (Å²) in [5.74, 6) is -1.01. The van der Waals surface area contributed by atoms with Crippen molar-refractivity contribution >= 4 is 17.3 Å². The van der Waals surface area contributed by atoms with E-state index in [-0.39, 0.29) is 23.8 Å². The maximum absolute atomic E-state index is 13.4. The predicted octanol–water partition coefficient (Wildman–Crippen LogP) is 1.67. The Kier molecular flexibility index (Phi) is 5.04. The van der Waals surface area contributed by atoms with Crippen LogP contribution in [-0.2, 0) is 4.79 Å². The fourth-order valence-corrected chi connectivity index (χ4v) is 1.26. The van der Waals surface area contributed by atoms with Gasteiger partial charge in [-0.05, 0) is 12.5 Å². The van der Waals surface area contributed by atoms with Crippen molar-refractivity contribution in [3.8, 4) is 0 Å². The Labute approximate surface area is 103 Å². The van der Waals surface area contributed by atoms with Crippen LogP contribution < -0.4 is 10.6 Å². The number of nitro benzene ring substituents is 1. The van der Waals surface area contributed by atoms with Gasteiger partial charge in [0.05, 0.1) is 23.2 Å². The van der Waals surface area contributed by atoms with Gasteiger partial charge in [0.15, 0.2) is 5.82 Å². The van der Waals surface area contributed by atoms with Gasteiger partial charge in [0.1, 0.15) is 0 Å². The molecule has 0 aliphatic rings. The highest BCUT2D eigenvalue weighted by molar-refractivity contribution is 5.80. The SMILES string of the molecule is CCCNC(=O)CNc1ccc([N+](=O)[O-])cc1F. The van der Waals surface area contributed by atoms with Gasteiger partial charge >= 0.3 is 0 Å². The zero-order valence-electron chi connectivity index (χ0n) is 9.90. The van der Waals surface area contributed by atoms with Crippen molar-refractivity contribution in [2.75, 3.05) is 18.4 Å². The van der Waals surface area contributed by atoms with Crippen LogP contribution >= 0.6 is 0 Å². The third kappa shape index (κ3) is 4.00. The molecule has 0 atom stereocenters. The van der Waals surface area contributed by atoms with E-state index in [9.17, 15) is 19.3 Å². The van der Waals surface area contributed by atoms with E-state index < -0.39 is 10.7 Å². The topological polar surface area (TPSA) is 84.3 Å². The molecule has 0 aliphatic carbocycles. The number of amides is 1. The standard InChI is InChI=1S/C11H14FN3O3/c1-2-5-13-11(16)7-14-10-4-3-8(15(17)18)6-9(10)12/h3-4,6,14H,2,5,7H2,1H3,(H,13,16). The lowest BCUT2D eigenvalue weighted by Gasteiger charge is -2.07. The Hall–Kier alpha value is -2.18. The number of nitrogens with one attached hydrogen (secondary N) is 2. The zero-order valence-corrected chi connectivity index (χ0v) is 9.90. The average Bonchev–Trinajstić information content (AvgIpc) is 2.34. The van der Waals surface area contributed by atoms with Gasteiger partial charge in [-0.25, -0.2) is 4.39 Å². The van der Waals surface area contributed by atoms with Crippen LogP contribution in [0, 0.1) is 15.9 Å². The molecule has 0 heterocycles. The minimum atomic E-state index is -0.757. The second-order valence-electron chi connectivity index (χ2n) is 3.62. The zero-order chi connectivity index (χ0) is 13.5. The van der Waals surface area contributed by atoms with Crippen LogP contribution in [0.4, 0.5) is 15.8 Å². The van der Waals surface area contributed by atoms with Gasteiger partial charge < -0.3 is 10.6 Å². The molecule has 6 nitrogen and oxygen atoms in total. The molecule has 18 heavy (non-hydrogen) atoms. The molecule has 0 saturated carbocycles. The van der Waals surface area contributed by atoms with E-state index in [1.807, 2.05) is 6.92 Å². The first-order chi connectivity index (χ1) is 8.54. The Balaban J connectivity index is 2.58. The molecule has 1 amide bonds. The van der Waals surface area contributed by atoms with Gasteiger partial charge in [-0.15, -0.1) is 0 Å². The number of carbonyl (C=O) groups is 1. The van der Waals surface area contributed by atoms with Crippen LogP contribution in [0.5, 0.6) is 0 Å². The lowest BCUT2D eigenvalue weighted by Crippen LogP contribution is -2.30. The Morgan fingerprint density at radius 1 is 1.50 bits per heavy atom. The van der Waals surface area contributed by atoms with E-state index in [0.717, 1.165) is 12.5 Å². The normalized spacial score (nSPS) is 9.89. The van der Waals surface area contributed by atoms with Gasteiger partial charge in [-0.2, -0.15) is 0 Å². The molecular weight excluding hydrogens is 241 g/mol. The monoisotopic (exact) mass is 255 g/mol. The van der Waals surface area contributed by atoms with E-state index in [0.29, 0.717) is 6.54 Å². The lowest BCUT2D eigenvalue weighted by molar-refractivity contribution is -0.385. The Morgan fingerprint density at radius 3 is 2.78 bits per heavy atom. The van der Waals surface area contributed by atoms with Crippen molar-refractivity contribution in [1.29, 1.82) is 0 Å². The molecule has 0 bridgehead atoms. The van der Waals surface area contributed by atoms with Gasteiger partial charge in [-0.3, -0.25) is 14.9 Å². The molecule has 0 radical (unpaired) electrons. The maximum atomic E-state index is 13.4. The number of anilines is 1. The number of nitrogens with zero attached hydrogens (tertiary/aromatic N) is 1. The summed E-state index contributed by atoms with van der Waals surface area (Å²) < 4.78 is 13.4. The summed E-state index contributed by atoms with van der Waals surface area (Å²) in [4.78, 5) is 21.0. The summed E-state index contributed by atoms with van der Waals surface area (Å²) >= 11 is 0. The summed E-state index contributed by atoms with van der Waals surface area (Å²) in [7, 11) is 0. The minimum Gasteiger partial charge on any atom is -0.374 e. The number of benzene rings is 1. The highest BCUT2D eigenvalue weighted by atomic mass is 19.1. The largest absolute Gasteiger partial charge is 0.374 e. The van der Waals surface area contributed by atoms with Crippen molar-refractivity contribution in [2.45, 2.75) is 13.3 Å². The van der Waals surface area contributed by atoms with Gasteiger partial charge in [0.25, 0.3) is 5.69 Å². The summed E-state index contributed by atoms with van der Waals surface area (Å²) in [6.07, 6.45) is 0.817. The average molecular weight is 255 g/mol. The second kappa shape index (κ2) is 6.53. The highest BCUT2D eigenvalue weighted by Crippen LogP contribution is 2.19. The van der Waals surface area contributed by atoms with E-state index >= 15 is 0 Å². The molecule has 0 aromatic heterocycles. The molecule has 0 saturated heterocycles. The van der Waals surface area contributed by atoms with Gasteiger partial charge in [0.2, 0.25) is 5.91 Å². The number of hydrogen-bond acceptors (Lipinski definition) is 4. The number of rotatable bonds is 6. The summed E-state index contributed by atoms with van der Waals surface area (Å²) in [5.41, 5.74) is -0.263. The van der Waals surface area contributed by atoms with Crippen molar-refractivity contribution in [3.05, 3.63) is 34.1 Å². The molecule has 1 aromatic carbocycles. The minimum absolute atomic E-state index is 0.0623. The molecule has 1 aromatic rings. The molecule has 0 fully saturated rings. The number of non-ortho nitro benzene ring substituents is 1. The molecule has 98 valence electrons. The third-order valence-corrected chi connectivity index (χ3v) is 2.18. The number of hydrogen-bond donors (Lipinski definition) is 2. The van der Waals surface area contributed by atoms with Crippen LogP contribution in [0.2, 0.25) is 0 Å². The summed E-state index contributed by atoms with van der Waals surface area (Å²) in [6, 6.07) is 3.22. The van der Waals surface area contributed by atoms with Crippen molar-refractivity contribution in [3.63, 3.8) is 0 Å². The Morgan fingerprint density at radius 2 is 2.22 bits per heavy atom. The van der Waals surface area contributed by atoms with Crippen molar-refractivity contribution in [2.24, 2.45) is 0 Å². The molecular formula is C11H14FN3O3. The molecule has 1 rings (SSSR count). The first-order valence-corrected chi connectivity index (χ1v) is 5.49. The fourth-order valence-electron chi connectivity index (χ4n) is 1.26. The second-order valence-corrected chi connectivity index (χ2v) is 3.62. The van der Waals surface area contributed by atoms with E-state index in [1.54, 1.807) is 0 Å². The molecule has 2 N–H and O–H groups in total. The summed E-state index contributed by atoms with van der Waals surface area (Å²) in [5, 5.41) is 15.6. The first-order valence-electron chi connectivity index (χ1n) is 5.49. The van der Waals surface area contributed by atoms with Gasteiger partial charge in [0, 0.05) is 12.6 Å². The van der Waals surface area contributed by atoms with Crippen LogP contribution in [0.1, 0.15) is 13.3 Å². The van der Waals surface area contributed by atoms with E-state index in [1.165, 1.54) is 12.1 Å². The van der Waals surface area contributed by atoms with E-state index in [2.05, 4.69) is 10.6 Å². The fraction of sp³-hybridized carbons (Fsp3) is 0.364. The highest BCUT2D eigenvalue weighted by Gasteiger charge is 2.11. The Bertz CT molecular complexity index is 451. The summed E-state index contributed by atoms with van der Waals surface area (Å²) in [6.45, 7) is 2.40. The number of carbonyl (C=O) groups excluding carboxylic acids is 1. The van der Waals surface area contributed by atoms with Gasteiger partial charge in [-0.1, -0.05) is 6.92 Å². The van der Waals surface area contributed by atoms with Crippen LogP contribution in [0.15, 0.2) is 18.2 Å². The third-order valence-electron chi connectivity index (χ3n) is 2.18. The lowest BCUT2D eigenvalue weighted by atomic mass is 10.2. The number of halogens is 1. The van der Waals surface area contributed by atoms with Crippen molar-refractivity contribution in [1.82, 2.24) is 5.32 Å². The molecule has 0 spiro atoms. The first kappa shape index (κ1) is 13.9.